The molecule has 2 aliphatic rings. The third-order valence-corrected chi connectivity index (χ3v) is 5.91. The fraction of sp³-hybridized carbons (Fsp3) is 0.269. The molecule has 5 nitrogen and oxygen atoms in total. The summed E-state index contributed by atoms with van der Waals surface area (Å²) in [5.41, 5.74) is 3.85. The standard InChI is InChI=1S/C26H22F3N3O2/c27-26(28,29)20-6-3-16(4-7-20)11-24(33)32-23-9-8-22-21(23)12-19(14-30-22)18-5-10-25(31-13-18)34-15-17-1-2-17/h3-7,9-10,12-14,17H,1-2,8,11,15H2,(H,32,33). The lowest BCUT2D eigenvalue weighted by molar-refractivity contribution is -0.137. The minimum absolute atomic E-state index is 0.0236. The normalized spacial score (nSPS) is 15.0. The molecule has 0 saturated heterocycles. The highest BCUT2D eigenvalue weighted by molar-refractivity contribution is 5.90. The molecular formula is C26H22F3N3O2. The van der Waals surface area contributed by atoms with E-state index in [-0.39, 0.29) is 12.3 Å². The first-order chi connectivity index (χ1) is 16.3. The van der Waals surface area contributed by atoms with Gasteiger partial charge in [0, 0.05) is 47.3 Å². The summed E-state index contributed by atoms with van der Waals surface area (Å²) in [6.07, 6.45) is 4.02. The fourth-order valence-electron chi connectivity index (χ4n) is 3.79. The second kappa shape index (κ2) is 8.93. The Morgan fingerprint density at radius 1 is 1.03 bits per heavy atom. The highest BCUT2D eigenvalue weighted by Gasteiger charge is 2.30. The predicted molar refractivity (Wildman–Crippen MR) is 121 cm³/mol. The van der Waals surface area contributed by atoms with Gasteiger partial charge in [0.2, 0.25) is 11.8 Å². The molecule has 0 unspecified atom stereocenters. The van der Waals surface area contributed by atoms with E-state index in [1.807, 2.05) is 24.3 Å². The van der Waals surface area contributed by atoms with E-state index in [1.54, 1.807) is 12.4 Å². The van der Waals surface area contributed by atoms with E-state index in [4.69, 9.17) is 4.74 Å². The summed E-state index contributed by atoms with van der Waals surface area (Å²) < 4.78 is 43.9. The number of carbonyl (C=O) groups is 1. The zero-order chi connectivity index (χ0) is 23.7. The van der Waals surface area contributed by atoms with Gasteiger partial charge in [0.25, 0.3) is 0 Å². The molecule has 2 aliphatic carbocycles. The number of nitrogens with zero attached hydrogens (tertiary/aromatic N) is 2. The Morgan fingerprint density at radius 3 is 2.47 bits per heavy atom. The molecule has 1 amide bonds. The van der Waals surface area contributed by atoms with Crippen LogP contribution >= 0.6 is 0 Å². The summed E-state index contributed by atoms with van der Waals surface area (Å²) in [6, 6.07) is 10.3. The Hall–Kier alpha value is -3.68. The molecular weight excluding hydrogens is 443 g/mol. The van der Waals surface area contributed by atoms with Crippen LogP contribution in [-0.2, 0) is 23.8 Å². The summed E-state index contributed by atoms with van der Waals surface area (Å²) in [5.74, 6) is 0.950. The number of aromatic nitrogens is 2. The van der Waals surface area contributed by atoms with Crippen LogP contribution in [0.4, 0.5) is 13.2 Å². The SMILES string of the molecule is O=C(Cc1ccc(C(F)(F)F)cc1)NC1=CCc2ncc(-c3ccc(OCC4CC4)nc3)cc21. The Kier molecular flexibility index (Phi) is 5.81. The first-order valence-electron chi connectivity index (χ1n) is 11.1. The minimum Gasteiger partial charge on any atom is -0.477 e. The smallest absolute Gasteiger partial charge is 0.416 e. The highest BCUT2D eigenvalue weighted by Crippen LogP contribution is 2.31. The quantitative estimate of drug-likeness (QED) is 0.521. The molecule has 0 aliphatic heterocycles. The monoisotopic (exact) mass is 465 g/mol. The molecule has 2 heterocycles. The van der Waals surface area contributed by atoms with Crippen molar-refractivity contribution < 1.29 is 22.7 Å². The van der Waals surface area contributed by atoms with Gasteiger partial charge in [-0.15, -0.1) is 0 Å². The Bertz CT molecular complexity index is 1230. The van der Waals surface area contributed by atoms with Gasteiger partial charge in [0.05, 0.1) is 24.3 Å². The first-order valence-corrected chi connectivity index (χ1v) is 11.1. The second-order valence-corrected chi connectivity index (χ2v) is 8.60. The number of hydrogen-bond donors (Lipinski definition) is 1. The van der Waals surface area contributed by atoms with Crippen LogP contribution in [0.15, 0.2) is 60.9 Å². The van der Waals surface area contributed by atoms with Crippen molar-refractivity contribution in [2.45, 2.75) is 31.9 Å². The number of halogens is 3. The third kappa shape index (κ3) is 5.11. The fourth-order valence-corrected chi connectivity index (χ4v) is 3.79. The topological polar surface area (TPSA) is 64.1 Å². The van der Waals surface area contributed by atoms with Gasteiger partial charge in [-0.05, 0) is 48.6 Å². The van der Waals surface area contributed by atoms with Gasteiger partial charge in [-0.25, -0.2) is 4.98 Å². The number of allylic oxidation sites excluding steroid dienone is 1. The number of pyridine rings is 2. The van der Waals surface area contributed by atoms with Crippen molar-refractivity contribution in [3.8, 4) is 17.0 Å². The predicted octanol–water partition coefficient (Wildman–Crippen LogP) is 5.21. The molecule has 0 atom stereocenters. The van der Waals surface area contributed by atoms with E-state index in [0.717, 1.165) is 34.5 Å². The number of benzene rings is 1. The molecule has 1 N–H and O–H groups in total. The van der Waals surface area contributed by atoms with Gasteiger partial charge in [-0.3, -0.25) is 9.78 Å². The zero-order valence-corrected chi connectivity index (χ0v) is 18.2. The number of nitrogens with one attached hydrogen (secondary N) is 1. The van der Waals surface area contributed by atoms with Crippen molar-refractivity contribution in [1.29, 1.82) is 0 Å². The average Bonchev–Trinajstić information content (AvgIpc) is 3.58. The first kappa shape index (κ1) is 22.1. The van der Waals surface area contributed by atoms with Crippen molar-refractivity contribution in [2.24, 2.45) is 5.92 Å². The number of carbonyl (C=O) groups excluding carboxylic acids is 1. The van der Waals surface area contributed by atoms with Crippen molar-refractivity contribution >= 4 is 11.6 Å². The number of fused-ring (bicyclic) bond motifs is 1. The van der Waals surface area contributed by atoms with Crippen molar-refractivity contribution in [3.63, 3.8) is 0 Å². The summed E-state index contributed by atoms with van der Waals surface area (Å²) in [7, 11) is 0. The lowest BCUT2D eigenvalue weighted by Crippen LogP contribution is -2.23. The van der Waals surface area contributed by atoms with Gasteiger partial charge in [0.1, 0.15) is 0 Å². The molecule has 34 heavy (non-hydrogen) atoms. The van der Waals surface area contributed by atoms with Crippen LogP contribution in [0.3, 0.4) is 0 Å². The second-order valence-electron chi connectivity index (χ2n) is 8.60. The van der Waals surface area contributed by atoms with Gasteiger partial charge in [-0.2, -0.15) is 13.2 Å². The summed E-state index contributed by atoms with van der Waals surface area (Å²) >= 11 is 0. The van der Waals surface area contributed by atoms with Crippen LogP contribution in [0.1, 0.15) is 35.2 Å². The van der Waals surface area contributed by atoms with Crippen LogP contribution in [0.2, 0.25) is 0 Å². The maximum atomic E-state index is 12.7. The van der Waals surface area contributed by atoms with Crippen molar-refractivity contribution in [3.05, 3.63) is 83.3 Å². The van der Waals surface area contributed by atoms with Gasteiger partial charge in [-0.1, -0.05) is 18.2 Å². The lowest BCUT2D eigenvalue weighted by Gasteiger charge is -2.11. The van der Waals surface area contributed by atoms with Crippen LogP contribution in [0, 0.1) is 5.92 Å². The number of rotatable bonds is 7. The Balaban J connectivity index is 1.24. The van der Waals surface area contributed by atoms with Gasteiger partial charge >= 0.3 is 6.18 Å². The molecule has 0 spiro atoms. The van der Waals surface area contributed by atoms with Crippen molar-refractivity contribution in [1.82, 2.24) is 15.3 Å². The summed E-state index contributed by atoms with van der Waals surface area (Å²) in [4.78, 5) is 21.5. The number of alkyl halides is 3. The molecule has 0 radical (unpaired) electrons. The Morgan fingerprint density at radius 2 is 1.79 bits per heavy atom. The van der Waals surface area contributed by atoms with E-state index in [1.165, 1.54) is 25.0 Å². The van der Waals surface area contributed by atoms with Gasteiger partial charge < -0.3 is 10.1 Å². The molecule has 0 bridgehead atoms. The average molecular weight is 465 g/mol. The van der Waals surface area contributed by atoms with Crippen LogP contribution in [-0.4, -0.2) is 22.5 Å². The van der Waals surface area contributed by atoms with Crippen LogP contribution in [0.25, 0.3) is 16.8 Å². The third-order valence-electron chi connectivity index (χ3n) is 5.91. The zero-order valence-electron chi connectivity index (χ0n) is 18.2. The molecule has 1 aromatic carbocycles. The van der Waals surface area contributed by atoms with Gasteiger partial charge in [0.15, 0.2) is 0 Å². The molecule has 5 rings (SSSR count). The van der Waals surface area contributed by atoms with E-state index in [9.17, 15) is 18.0 Å². The lowest BCUT2D eigenvalue weighted by atomic mass is 10.1. The highest BCUT2D eigenvalue weighted by atomic mass is 19.4. The summed E-state index contributed by atoms with van der Waals surface area (Å²) in [6.45, 7) is 0.701. The number of hydrogen-bond acceptors (Lipinski definition) is 4. The number of ether oxygens (including phenoxy) is 1. The molecule has 3 aromatic rings. The number of amides is 1. The minimum atomic E-state index is -4.40. The molecule has 2 aromatic heterocycles. The maximum Gasteiger partial charge on any atom is 0.416 e. The van der Waals surface area contributed by atoms with E-state index in [2.05, 4.69) is 15.3 Å². The molecule has 1 saturated carbocycles. The summed E-state index contributed by atoms with van der Waals surface area (Å²) in [5, 5.41) is 2.87. The molecule has 1 fully saturated rings. The van der Waals surface area contributed by atoms with Crippen LogP contribution < -0.4 is 10.1 Å². The molecule has 8 heteroatoms. The largest absolute Gasteiger partial charge is 0.477 e. The van der Waals surface area contributed by atoms with Crippen LogP contribution in [0.5, 0.6) is 5.88 Å². The van der Waals surface area contributed by atoms with E-state index >= 15 is 0 Å². The van der Waals surface area contributed by atoms with Crippen molar-refractivity contribution in [2.75, 3.05) is 6.61 Å². The Labute approximate surface area is 194 Å². The maximum absolute atomic E-state index is 12.7. The molecule has 174 valence electrons. The van der Waals surface area contributed by atoms with E-state index in [0.29, 0.717) is 36.1 Å². The van der Waals surface area contributed by atoms with E-state index < -0.39 is 11.7 Å².